The van der Waals surface area contributed by atoms with E-state index in [4.69, 9.17) is 16.3 Å². The molecule has 0 saturated carbocycles. The number of fused-ring (bicyclic) bond motifs is 1. The van der Waals surface area contributed by atoms with Crippen LogP contribution < -0.4 is 5.32 Å². The fourth-order valence-electron chi connectivity index (χ4n) is 1.15. The Labute approximate surface area is 79.1 Å². The van der Waals surface area contributed by atoms with Gasteiger partial charge in [0.25, 0.3) is 0 Å². The second-order valence-corrected chi connectivity index (χ2v) is 3.00. The van der Waals surface area contributed by atoms with Gasteiger partial charge in [0.05, 0.1) is 10.7 Å². The van der Waals surface area contributed by atoms with Crippen molar-refractivity contribution < 1.29 is 14.6 Å². The standard InChI is InChI=1S/C8H6ClNO3/c9-7-4-3-13-8(12)10-5(4)1-2-6(7)11/h1-2,11H,3H2,(H,10,12). The molecule has 0 saturated heterocycles. The molecular formula is C8H6ClNO3. The number of phenols is 1. The maximum absolute atomic E-state index is 10.8. The molecule has 4 nitrogen and oxygen atoms in total. The lowest BCUT2D eigenvalue weighted by molar-refractivity contribution is 0.151. The van der Waals surface area contributed by atoms with Crippen molar-refractivity contribution in [1.82, 2.24) is 0 Å². The number of halogens is 1. The number of aromatic hydroxyl groups is 1. The second-order valence-electron chi connectivity index (χ2n) is 2.63. The smallest absolute Gasteiger partial charge is 0.411 e. The Morgan fingerprint density at radius 1 is 1.54 bits per heavy atom. The number of anilines is 1. The minimum absolute atomic E-state index is 0.0137. The van der Waals surface area contributed by atoms with Crippen LogP contribution in [0.2, 0.25) is 5.02 Å². The SMILES string of the molecule is O=C1Nc2ccc(O)c(Cl)c2CO1. The predicted octanol–water partition coefficient (Wildman–Crippen LogP) is 2.11. The highest BCUT2D eigenvalue weighted by Crippen LogP contribution is 2.34. The minimum Gasteiger partial charge on any atom is -0.506 e. The normalized spacial score (nSPS) is 14.4. The van der Waals surface area contributed by atoms with Crippen LogP contribution in [0.15, 0.2) is 12.1 Å². The molecule has 13 heavy (non-hydrogen) atoms. The molecule has 0 aromatic heterocycles. The maximum Gasteiger partial charge on any atom is 0.411 e. The second kappa shape index (κ2) is 2.81. The van der Waals surface area contributed by atoms with Gasteiger partial charge in [-0.2, -0.15) is 0 Å². The van der Waals surface area contributed by atoms with Crippen molar-refractivity contribution in [1.29, 1.82) is 0 Å². The van der Waals surface area contributed by atoms with Crippen LogP contribution in [0.4, 0.5) is 10.5 Å². The zero-order valence-corrected chi connectivity index (χ0v) is 7.26. The third-order valence-electron chi connectivity index (χ3n) is 1.81. The van der Waals surface area contributed by atoms with Gasteiger partial charge < -0.3 is 9.84 Å². The molecule has 0 atom stereocenters. The molecule has 1 aromatic rings. The van der Waals surface area contributed by atoms with E-state index in [1.165, 1.54) is 6.07 Å². The minimum atomic E-state index is -0.505. The molecule has 0 bridgehead atoms. The van der Waals surface area contributed by atoms with Gasteiger partial charge in [-0.25, -0.2) is 4.79 Å². The first-order valence-corrected chi connectivity index (χ1v) is 4.00. The molecule has 1 heterocycles. The monoisotopic (exact) mass is 199 g/mol. The molecule has 0 fully saturated rings. The van der Waals surface area contributed by atoms with Gasteiger partial charge in [-0.15, -0.1) is 0 Å². The number of hydrogen-bond donors (Lipinski definition) is 2. The highest BCUT2D eigenvalue weighted by Gasteiger charge is 2.19. The summed E-state index contributed by atoms with van der Waals surface area (Å²) in [5, 5.41) is 11.9. The Morgan fingerprint density at radius 2 is 2.31 bits per heavy atom. The molecular weight excluding hydrogens is 194 g/mol. The summed E-state index contributed by atoms with van der Waals surface area (Å²) in [5.74, 6) is -0.0137. The van der Waals surface area contributed by atoms with Crippen LogP contribution in [0.5, 0.6) is 5.75 Å². The van der Waals surface area contributed by atoms with E-state index >= 15 is 0 Å². The van der Waals surface area contributed by atoms with Gasteiger partial charge in [0.2, 0.25) is 0 Å². The van der Waals surface area contributed by atoms with E-state index in [1.807, 2.05) is 0 Å². The van der Waals surface area contributed by atoms with Gasteiger partial charge in [-0.3, -0.25) is 5.32 Å². The van der Waals surface area contributed by atoms with Crippen LogP contribution in [0.25, 0.3) is 0 Å². The van der Waals surface area contributed by atoms with Gasteiger partial charge in [0.15, 0.2) is 0 Å². The number of amides is 1. The van der Waals surface area contributed by atoms with Crippen LogP contribution in [0.1, 0.15) is 5.56 Å². The molecule has 0 spiro atoms. The predicted molar refractivity (Wildman–Crippen MR) is 46.9 cm³/mol. The average molecular weight is 200 g/mol. The first-order chi connectivity index (χ1) is 6.18. The number of benzene rings is 1. The lowest BCUT2D eigenvalue weighted by Crippen LogP contribution is -2.20. The number of carbonyl (C=O) groups excluding carboxylic acids is 1. The maximum atomic E-state index is 10.8. The highest BCUT2D eigenvalue weighted by atomic mass is 35.5. The topological polar surface area (TPSA) is 58.6 Å². The number of carbonyl (C=O) groups is 1. The fraction of sp³-hybridized carbons (Fsp3) is 0.125. The summed E-state index contributed by atoms with van der Waals surface area (Å²) >= 11 is 5.78. The highest BCUT2D eigenvalue weighted by molar-refractivity contribution is 6.33. The first kappa shape index (κ1) is 8.19. The van der Waals surface area contributed by atoms with Crippen molar-refractivity contribution >= 4 is 23.4 Å². The Bertz CT molecular complexity index is 378. The summed E-state index contributed by atoms with van der Waals surface area (Å²) < 4.78 is 4.69. The quantitative estimate of drug-likeness (QED) is 0.629. The summed E-state index contributed by atoms with van der Waals surface area (Å²) in [4.78, 5) is 10.8. The van der Waals surface area contributed by atoms with Gasteiger partial charge >= 0.3 is 6.09 Å². The summed E-state index contributed by atoms with van der Waals surface area (Å²) in [6.45, 7) is 0.0917. The van der Waals surface area contributed by atoms with E-state index in [0.717, 1.165) is 0 Å². The number of cyclic esters (lactones) is 1. The third kappa shape index (κ3) is 1.29. The van der Waals surface area contributed by atoms with Crippen molar-refractivity contribution in [2.75, 3.05) is 5.32 Å². The zero-order chi connectivity index (χ0) is 9.42. The van der Waals surface area contributed by atoms with Crippen molar-refractivity contribution in [2.45, 2.75) is 6.61 Å². The van der Waals surface area contributed by atoms with E-state index in [0.29, 0.717) is 11.3 Å². The van der Waals surface area contributed by atoms with Crippen LogP contribution in [0.3, 0.4) is 0 Å². The Balaban J connectivity index is 2.53. The van der Waals surface area contributed by atoms with Crippen LogP contribution in [0, 0.1) is 0 Å². The zero-order valence-electron chi connectivity index (χ0n) is 6.50. The van der Waals surface area contributed by atoms with Crippen molar-refractivity contribution in [3.63, 3.8) is 0 Å². The van der Waals surface area contributed by atoms with E-state index in [-0.39, 0.29) is 17.4 Å². The number of rotatable bonds is 0. The third-order valence-corrected chi connectivity index (χ3v) is 2.23. The van der Waals surface area contributed by atoms with Crippen molar-refractivity contribution in [2.24, 2.45) is 0 Å². The number of ether oxygens (including phenoxy) is 1. The number of phenolic OH excluding ortho intramolecular Hbond substituents is 1. The molecule has 5 heteroatoms. The summed E-state index contributed by atoms with van der Waals surface area (Å²) in [6, 6.07) is 3.00. The molecule has 1 aliphatic heterocycles. The van der Waals surface area contributed by atoms with Crippen LogP contribution >= 0.6 is 11.6 Å². The molecule has 0 unspecified atom stereocenters. The van der Waals surface area contributed by atoms with Crippen molar-refractivity contribution in [3.05, 3.63) is 22.7 Å². The Kier molecular flexibility index (Phi) is 1.77. The lowest BCUT2D eigenvalue weighted by Gasteiger charge is -2.18. The van der Waals surface area contributed by atoms with E-state index in [9.17, 15) is 9.90 Å². The Hall–Kier alpha value is -1.42. The molecule has 1 amide bonds. The summed E-state index contributed by atoms with van der Waals surface area (Å²) in [6.07, 6.45) is -0.505. The summed E-state index contributed by atoms with van der Waals surface area (Å²) in [5.41, 5.74) is 1.18. The average Bonchev–Trinajstić information content (AvgIpc) is 2.12. The van der Waals surface area contributed by atoms with Crippen LogP contribution in [-0.2, 0) is 11.3 Å². The molecule has 2 N–H and O–H groups in total. The van der Waals surface area contributed by atoms with E-state index in [1.54, 1.807) is 6.07 Å². The van der Waals surface area contributed by atoms with Crippen molar-refractivity contribution in [3.8, 4) is 5.75 Å². The van der Waals surface area contributed by atoms with Gasteiger partial charge in [0.1, 0.15) is 12.4 Å². The Morgan fingerprint density at radius 3 is 3.08 bits per heavy atom. The fourth-order valence-corrected chi connectivity index (χ4v) is 1.37. The first-order valence-electron chi connectivity index (χ1n) is 3.62. The van der Waals surface area contributed by atoms with E-state index in [2.05, 4.69) is 5.32 Å². The molecule has 1 aromatic carbocycles. The molecule has 68 valence electrons. The lowest BCUT2D eigenvalue weighted by atomic mass is 10.1. The van der Waals surface area contributed by atoms with Crippen LogP contribution in [-0.4, -0.2) is 11.2 Å². The molecule has 0 radical (unpaired) electrons. The largest absolute Gasteiger partial charge is 0.506 e. The van der Waals surface area contributed by atoms with Gasteiger partial charge in [-0.1, -0.05) is 11.6 Å². The number of hydrogen-bond acceptors (Lipinski definition) is 3. The van der Waals surface area contributed by atoms with Gasteiger partial charge in [-0.05, 0) is 12.1 Å². The van der Waals surface area contributed by atoms with Gasteiger partial charge in [0, 0.05) is 5.56 Å². The molecule has 1 aliphatic rings. The molecule has 0 aliphatic carbocycles. The molecule has 2 rings (SSSR count). The van der Waals surface area contributed by atoms with E-state index < -0.39 is 6.09 Å². The summed E-state index contributed by atoms with van der Waals surface area (Å²) in [7, 11) is 0. The number of nitrogens with one attached hydrogen (secondary N) is 1.